The zero-order valence-corrected chi connectivity index (χ0v) is 13.3. The Hall–Kier alpha value is -0.650. The average molecular weight is 318 g/mol. The topological polar surface area (TPSA) is 39.1 Å². The number of aromatic nitrogens is 1. The molecule has 19 heavy (non-hydrogen) atoms. The van der Waals surface area contributed by atoms with Gasteiger partial charge >= 0.3 is 0 Å². The van der Waals surface area contributed by atoms with Gasteiger partial charge in [0.05, 0.1) is 0 Å². The van der Waals surface area contributed by atoms with E-state index in [1.54, 1.807) is 11.8 Å². The van der Waals surface area contributed by atoms with Crippen molar-refractivity contribution in [1.29, 1.82) is 0 Å². The molecule has 1 heterocycles. The zero-order chi connectivity index (χ0) is 14.0. The fourth-order valence-electron chi connectivity index (χ4n) is 2.36. The molecule has 104 valence electrons. The van der Waals surface area contributed by atoms with Gasteiger partial charge in [0.2, 0.25) is 0 Å². The van der Waals surface area contributed by atoms with Gasteiger partial charge in [0.25, 0.3) is 9.05 Å². The molecular formula is C13H16ClNO2S2. The van der Waals surface area contributed by atoms with Crippen LogP contribution in [0.3, 0.4) is 0 Å². The summed E-state index contributed by atoms with van der Waals surface area (Å²) in [5.74, 6) is 1.05. The third-order valence-electron chi connectivity index (χ3n) is 3.15. The summed E-state index contributed by atoms with van der Waals surface area (Å²) in [6.45, 7) is 2.62. The molecule has 0 radical (unpaired) electrons. The summed E-state index contributed by atoms with van der Waals surface area (Å²) in [5, 5.41) is 0.708. The standard InChI is InChI=1S/C13H16ClNO2S2/c1-10-13(19(14,16)17)11-6-3-4-7-12(11)15(10)8-5-9-18-2/h3-4,6-7H,5,8-9H2,1-2H3. The SMILES string of the molecule is CSCCCn1c(C)c(S(=O)(=O)Cl)c2ccccc21. The maximum atomic E-state index is 11.8. The molecule has 0 saturated carbocycles. The molecule has 3 nitrogen and oxygen atoms in total. The third-order valence-corrected chi connectivity index (χ3v) is 5.31. The predicted octanol–water partition coefficient (Wildman–Crippen LogP) is 3.63. The number of nitrogens with zero attached hydrogens (tertiary/aromatic N) is 1. The van der Waals surface area contributed by atoms with Gasteiger partial charge in [-0.05, 0) is 31.4 Å². The largest absolute Gasteiger partial charge is 0.343 e. The van der Waals surface area contributed by atoms with Gasteiger partial charge in [0, 0.05) is 33.8 Å². The van der Waals surface area contributed by atoms with Crippen LogP contribution in [-0.2, 0) is 15.6 Å². The minimum absolute atomic E-state index is 0.244. The smallest absolute Gasteiger partial charge is 0.263 e. The number of para-hydroxylation sites is 1. The maximum Gasteiger partial charge on any atom is 0.263 e. The van der Waals surface area contributed by atoms with Gasteiger partial charge in [-0.15, -0.1) is 0 Å². The van der Waals surface area contributed by atoms with Crippen LogP contribution in [0, 0.1) is 6.92 Å². The number of hydrogen-bond donors (Lipinski definition) is 0. The fraction of sp³-hybridized carbons (Fsp3) is 0.385. The molecule has 2 rings (SSSR count). The van der Waals surface area contributed by atoms with Gasteiger partial charge in [0.15, 0.2) is 0 Å². The molecule has 0 bridgehead atoms. The lowest BCUT2D eigenvalue weighted by atomic mass is 10.2. The molecular weight excluding hydrogens is 302 g/mol. The van der Waals surface area contributed by atoms with E-state index in [-0.39, 0.29) is 4.90 Å². The molecule has 0 fully saturated rings. The van der Waals surface area contributed by atoms with E-state index in [9.17, 15) is 8.42 Å². The maximum absolute atomic E-state index is 11.8. The number of hydrogen-bond acceptors (Lipinski definition) is 3. The second-order valence-corrected chi connectivity index (χ2v) is 7.86. The van der Waals surface area contributed by atoms with Gasteiger partial charge in [-0.25, -0.2) is 8.42 Å². The number of benzene rings is 1. The van der Waals surface area contributed by atoms with E-state index in [4.69, 9.17) is 10.7 Å². The minimum atomic E-state index is -3.72. The molecule has 0 amide bonds. The van der Waals surface area contributed by atoms with Crippen molar-refractivity contribution in [3.05, 3.63) is 30.0 Å². The Labute approximate surface area is 122 Å². The van der Waals surface area contributed by atoms with Crippen molar-refractivity contribution in [1.82, 2.24) is 4.57 Å². The van der Waals surface area contributed by atoms with E-state index in [1.165, 1.54) is 0 Å². The first kappa shape index (κ1) is 14.8. The molecule has 0 aliphatic rings. The van der Waals surface area contributed by atoms with Crippen molar-refractivity contribution < 1.29 is 8.42 Å². The van der Waals surface area contributed by atoms with Crippen LogP contribution < -0.4 is 0 Å². The number of halogens is 1. The first-order chi connectivity index (χ1) is 8.96. The van der Waals surface area contributed by atoms with Crippen molar-refractivity contribution in [2.75, 3.05) is 12.0 Å². The van der Waals surface area contributed by atoms with Crippen molar-refractivity contribution in [3.63, 3.8) is 0 Å². The molecule has 0 atom stereocenters. The highest BCUT2D eigenvalue weighted by Gasteiger charge is 2.22. The lowest BCUT2D eigenvalue weighted by Crippen LogP contribution is -2.02. The molecule has 1 aromatic carbocycles. The minimum Gasteiger partial charge on any atom is -0.343 e. The molecule has 0 spiro atoms. The van der Waals surface area contributed by atoms with Crippen LogP contribution in [0.25, 0.3) is 10.9 Å². The Morgan fingerprint density at radius 2 is 2.00 bits per heavy atom. The highest BCUT2D eigenvalue weighted by Crippen LogP contribution is 2.32. The van der Waals surface area contributed by atoms with Crippen LogP contribution >= 0.6 is 22.4 Å². The summed E-state index contributed by atoms with van der Waals surface area (Å²) in [6, 6.07) is 7.49. The van der Waals surface area contributed by atoms with Crippen molar-refractivity contribution in [2.45, 2.75) is 24.8 Å². The molecule has 0 N–H and O–H groups in total. The number of rotatable bonds is 5. The second-order valence-electron chi connectivity index (χ2n) is 4.37. The Bertz CT molecular complexity index is 692. The number of thioether (sulfide) groups is 1. The first-order valence-electron chi connectivity index (χ1n) is 5.98. The first-order valence-corrected chi connectivity index (χ1v) is 9.68. The second kappa shape index (κ2) is 5.77. The van der Waals surface area contributed by atoms with Crippen LogP contribution in [0.2, 0.25) is 0 Å². The average Bonchev–Trinajstić information content (AvgIpc) is 2.62. The molecule has 0 aliphatic heterocycles. The predicted molar refractivity (Wildman–Crippen MR) is 82.7 cm³/mol. The third kappa shape index (κ3) is 2.93. The van der Waals surface area contributed by atoms with E-state index in [1.807, 2.05) is 35.8 Å². The Balaban J connectivity index is 2.61. The molecule has 2 aromatic rings. The van der Waals surface area contributed by atoms with Gasteiger partial charge in [-0.1, -0.05) is 18.2 Å². The summed E-state index contributed by atoms with van der Waals surface area (Å²) in [6.07, 6.45) is 3.07. The van der Waals surface area contributed by atoms with Crippen LogP contribution in [-0.4, -0.2) is 25.0 Å². The number of aryl methyl sites for hydroxylation is 1. The van der Waals surface area contributed by atoms with Crippen molar-refractivity contribution in [2.24, 2.45) is 0 Å². The van der Waals surface area contributed by atoms with E-state index < -0.39 is 9.05 Å². The van der Waals surface area contributed by atoms with Gasteiger partial charge < -0.3 is 4.57 Å². The van der Waals surface area contributed by atoms with E-state index in [0.29, 0.717) is 5.39 Å². The molecule has 0 aliphatic carbocycles. The van der Waals surface area contributed by atoms with Gasteiger partial charge in [0.1, 0.15) is 4.90 Å². The summed E-state index contributed by atoms with van der Waals surface area (Å²) >= 11 is 1.79. The summed E-state index contributed by atoms with van der Waals surface area (Å²) in [7, 11) is 1.85. The van der Waals surface area contributed by atoms with E-state index in [2.05, 4.69) is 6.26 Å². The number of fused-ring (bicyclic) bond motifs is 1. The Morgan fingerprint density at radius 1 is 1.32 bits per heavy atom. The Morgan fingerprint density at radius 3 is 2.63 bits per heavy atom. The molecule has 0 saturated heterocycles. The molecule has 1 aromatic heterocycles. The molecule has 0 unspecified atom stereocenters. The lowest BCUT2D eigenvalue weighted by Gasteiger charge is -2.07. The quantitative estimate of drug-likeness (QED) is 0.624. The molecule has 6 heteroatoms. The summed E-state index contributed by atoms with van der Waals surface area (Å²) in [4.78, 5) is 0.244. The van der Waals surface area contributed by atoms with Gasteiger partial charge in [-0.3, -0.25) is 0 Å². The highest BCUT2D eigenvalue weighted by atomic mass is 35.7. The summed E-state index contributed by atoms with van der Waals surface area (Å²) in [5.41, 5.74) is 1.65. The summed E-state index contributed by atoms with van der Waals surface area (Å²) < 4.78 is 25.6. The monoisotopic (exact) mass is 317 g/mol. The lowest BCUT2D eigenvalue weighted by molar-refractivity contribution is 0.607. The fourth-order valence-corrected chi connectivity index (χ4v) is 4.26. The highest BCUT2D eigenvalue weighted by molar-refractivity contribution is 8.14. The van der Waals surface area contributed by atoms with Gasteiger partial charge in [-0.2, -0.15) is 11.8 Å². The van der Waals surface area contributed by atoms with Crippen LogP contribution in [0.5, 0.6) is 0 Å². The normalized spacial score (nSPS) is 12.2. The van der Waals surface area contributed by atoms with Crippen LogP contribution in [0.4, 0.5) is 0 Å². The van der Waals surface area contributed by atoms with Crippen molar-refractivity contribution in [3.8, 4) is 0 Å². The van der Waals surface area contributed by atoms with Crippen LogP contribution in [0.15, 0.2) is 29.2 Å². The van der Waals surface area contributed by atoms with E-state index in [0.717, 1.165) is 29.9 Å². The Kier molecular flexibility index (Phi) is 4.48. The zero-order valence-electron chi connectivity index (χ0n) is 10.9. The van der Waals surface area contributed by atoms with E-state index >= 15 is 0 Å². The van der Waals surface area contributed by atoms with Crippen LogP contribution in [0.1, 0.15) is 12.1 Å². The van der Waals surface area contributed by atoms with Crippen molar-refractivity contribution >= 4 is 42.4 Å².